The Labute approximate surface area is 216 Å². The van der Waals surface area contributed by atoms with E-state index in [1.165, 1.54) is 22.9 Å². The fourth-order valence-corrected chi connectivity index (χ4v) is 6.41. The molecular weight excluding hydrogens is 492 g/mol. The summed E-state index contributed by atoms with van der Waals surface area (Å²) in [7, 11) is 0. The molecule has 35 heavy (non-hydrogen) atoms. The minimum Gasteiger partial charge on any atom is -0.388 e. The Morgan fingerprint density at radius 1 is 1.20 bits per heavy atom. The van der Waals surface area contributed by atoms with Crippen molar-refractivity contribution >= 4 is 29.3 Å². The summed E-state index contributed by atoms with van der Waals surface area (Å²) in [6.45, 7) is 5.03. The number of thioether (sulfide) groups is 1. The van der Waals surface area contributed by atoms with Crippen LogP contribution in [0.1, 0.15) is 36.8 Å². The van der Waals surface area contributed by atoms with E-state index in [4.69, 9.17) is 21.1 Å². The number of rotatable bonds is 6. The molecule has 3 aliphatic rings. The number of fused-ring (bicyclic) bond motifs is 1. The predicted octanol–water partition coefficient (Wildman–Crippen LogP) is 1.13. The van der Waals surface area contributed by atoms with Crippen LogP contribution in [0.2, 0.25) is 0 Å². The van der Waals surface area contributed by atoms with E-state index in [9.17, 15) is 20.1 Å². The van der Waals surface area contributed by atoms with Crippen LogP contribution < -0.4 is 10.6 Å². The van der Waals surface area contributed by atoms with Crippen molar-refractivity contribution in [3.05, 3.63) is 35.4 Å². The summed E-state index contributed by atoms with van der Waals surface area (Å²) >= 11 is 7.64. The molecule has 196 valence electrons. The van der Waals surface area contributed by atoms with Crippen molar-refractivity contribution in [1.29, 1.82) is 0 Å². The lowest BCUT2D eigenvalue weighted by molar-refractivity contribution is -0.205. The van der Waals surface area contributed by atoms with Gasteiger partial charge in [-0.1, -0.05) is 29.8 Å². The van der Waals surface area contributed by atoms with E-state index in [2.05, 4.69) is 41.8 Å². The zero-order valence-corrected chi connectivity index (χ0v) is 21.9. The monoisotopic (exact) mass is 528 g/mol. The van der Waals surface area contributed by atoms with Crippen LogP contribution in [0.25, 0.3) is 0 Å². The molecule has 10 heteroatoms. The Hall–Kier alpha value is -0.910. The summed E-state index contributed by atoms with van der Waals surface area (Å²) in [5, 5.41) is 36.8. The summed E-state index contributed by atoms with van der Waals surface area (Å²) in [6, 6.07) is 7.30. The normalized spacial score (nSPS) is 39.3. The Balaban J connectivity index is 1.44. The lowest BCUT2D eigenvalue weighted by atomic mass is 9.85. The highest BCUT2D eigenvalue weighted by atomic mass is 35.5. The van der Waals surface area contributed by atoms with E-state index in [1.807, 2.05) is 0 Å². The first kappa shape index (κ1) is 27.1. The third-order valence-electron chi connectivity index (χ3n) is 7.58. The van der Waals surface area contributed by atoms with Crippen molar-refractivity contribution in [2.75, 3.05) is 19.4 Å². The van der Waals surface area contributed by atoms with Gasteiger partial charge in [0.15, 0.2) is 0 Å². The number of halogens is 1. The molecule has 0 radical (unpaired) electrons. The average molecular weight is 529 g/mol. The number of carbonyl (C=O) groups is 1. The van der Waals surface area contributed by atoms with Crippen LogP contribution in [0, 0.1) is 12.8 Å². The van der Waals surface area contributed by atoms with Gasteiger partial charge in [-0.2, -0.15) is 0 Å². The Bertz CT molecular complexity index is 859. The highest BCUT2D eigenvalue weighted by Crippen LogP contribution is 2.36. The average Bonchev–Trinajstić information content (AvgIpc) is 3.12. The summed E-state index contributed by atoms with van der Waals surface area (Å²) < 4.78 is 12.1. The predicted molar refractivity (Wildman–Crippen MR) is 136 cm³/mol. The van der Waals surface area contributed by atoms with Crippen molar-refractivity contribution in [3.63, 3.8) is 0 Å². The molecule has 0 spiro atoms. The number of aliphatic hydroxyl groups excluding tert-OH is 3. The number of aliphatic hydroxyl groups is 3. The molecule has 11 atom stereocenters. The minimum absolute atomic E-state index is 0.195. The molecule has 5 N–H and O–H groups in total. The number of hydrogen-bond donors (Lipinski definition) is 5. The second-order valence-corrected chi connectivity index (χ2v) is 11.6. The molecule has 4 rings (SSSR count). The van der Waals surface area contributed by atoms with E-state index in [-0.39, 0.29) is 17.9 Å². The molecule has 3 unspecified atom stereocenters. The highest BCUT2D eigenvalue weighted by Gasteiger charge is 2.49. The molecular formula is C25H37ClN2O6S. The van der Waals surface area contributed by atoms with Crippen molar-refractivity contribution in [1.82, 2.24) is 10.6 Å². The lowest BCUT2D eigenvalue weighted by Gasteiger charge is -2.44. The first-order valence-corrected chi connectivity index (χ1v) is 14.0. The maximum Gasteiger partial charge on any atom is 0.240 e. The zero-order chi connectivity index (χ0) is 25.3. The molecule has 1 aromatic rings. The van der Waals surface area contributed by atoms with Crippen LogP contribution in [0.4, 0.5) is 0 Å². The molecule has 1 amide bonds. The Morgan fingerprint density at radius 2 is 1.91 bits per heavy atom. The molecule has 3 aliphatic heterocycles. The highest BCUT2D eigenvalue weighted by molar-refractivity contribution is 7.99. The van der Waals surface area contributed by atoms with Gasteiger partial charge in [-0.15, -0.1) is 23.4 Å². The largest absolute Gasteiger partial charge is 0.388 e. The van der Waals surface area contributed by atoms with Crippen molar-refractivity contribution in [3.8, 4) is 0 Å². The lowest BCUT2D eigenvalue weighted by Crippen LogP contribution is -2.65. The van der Waals surface area contributed by atoms with E-state index in [1.54, 1.807) is 13.2 Å². The number of aryl methyl sites for hydroxylation is 1. The second-order valence-electron chi connectivity index (χ2n) is 10.0. The number of hydrogen-bond acceptors (Lipinski definition) is 8. The van der Waals surface area contributed by atoms with Gasteiger partial charge in [-0.05, 0) is 44.4 Å². The van der Waals surface area contributed by atoms with Gasteiger partial charge < -0.3 is 35.4 Å². The summed E-state index contributed by atoms with van der Waals surface area (Å²) in [5.74, 6) is 0.300. The van der Waals surface area contributed by atoms with Gasteiger partial charge in [0, 0.05) is 19.1 Å². The van der Waals surface area contributed by atoms with Gasteiger partial charge in [0.2, 0.25) is 5.91 Å². The fraction of sp³-hybridized carbons (Fsp3) is 0.720. The van der Waals surface area contributed by atoms with E-state index >= 15 is 0 Å². The van der Waals surface area contributed by atoms with Gasteiger partial charge in [0.1, 0.15) is 35.9 Å². The second kappa shape index (κ2) is 11.6. The molecule has 0 saturated carbocycles. The smallest absolute Gasteiger partial charge is 0.240 e. The van der Waals surface area contributed by atoms with Gasteiger partial charge in [0.25, 0.3) is 0 Å². The molecule has 3 heterocycles. The Kier molecular flexibility index (Phi) is 9.03. The summed E-state index contributed by atoms with van der Waals surface area (Å²) in [6.07, 6.45) is -1.69. The van der Waals surface area contributed by atoms with Crippen LogP contribution in [-0.2, 0) is 14.3 Å². The standard InChI is InChI=1S/C25H37ClN2O6S/c1-12-4-6-14(7-5-12)15-8-9-33-22-16(10-15)11-27-18(22)24(32)28-17(13(2)26)23-20(30)19(29)21(31)25(34-23)35-3/h4-7,13,15-23,25,27,29-31H,8-11H2,1-3H3,(H,28,32)/t13-,15-,16-,17+,18-,19?,20?,21+,22+,23+,25?/m0/s1. The van der Waals surface area contributed by atoms with Crippen LogP contribution in [0.15, 0.2) is 24.3 Å². The number of alkyl halides is 1. The molecule has 0 aromatic heterocycles. The third kappa shape index (κ3) is 5.83. The molecule has 1 aromatic carbocycles. The van der Waals surface area contributed by atoms with Crippen LogP contribution in [-0.4, -0.2) is 94.1 Å². The first-order chi connectivity index (χ1) is 16.7. The van der Waals surface area contributed by atoms with E-state index in [0.29, 0.717) is 19.1 Å². The SMILES string of the molecule is CSC1O[C@H]([C@H](NC(=O)[C@H]2NC[C@@H]3C[C@@H](c4ccc(C)cc4)CCO[C@H]32)[C@H](C)Cl)C(O)C(O)[C@H]1O. The number of carbonyl (C=O) groups excluding carboxylic acids is 1. The number of amides is 1. The van der Waals surface area contributed by atoms with Gasteiger partial charge in [-0.25, -0.2) is 0 Å². The first-order valence-electron chi connectivity index (χ1n) is 12.3. The molecule has 8 nitrogen and oxygen atoms in total. The Morgan fingerprint density at radius 3 is 2.57 bits per heavy atom. The molecule has 0 bridgehead atoms. The zero-order valence-electron chi connectivity index (χ0n) is 20.3. The summed E-state index contributed by atoms with van der Waals surface area (Å²) in [5.41, 5.74) is 1.79. The molecule has 3 fully saturated rings. The quantitative estimate of drug-likeness (QED) is 0.349. The molecule has 3 saturated heterocycles. The number of ether oxygens (including phenoxy) is 2. The third-order valence-corrected chi connectivity index (χ3v) is 8.71. The van der Waals surface area contributed by atoms with Crippen LogP contribution >= 0.6 is 23.4 Å². The van der Waals surface area contributed by atoms with Crippen molar-refractivity contribution in [2.45, 2.75) is 86.0 Å². The maximum absolute atomic E-state index is 13.4. The maximum atomic E-state index is 13.4. The van der Waals surface area contributed by atoms with E-state index in [0.717, 1.165) is 12.8 Å². The van der Waals surface area contributed by atoms with Gasteiger partial charge in [0.05, 0.1) is 17.5 Å². The molecule has 0 aliphatic carbocycles. The van der Waals surface area contributed by atoms with Crippen LogP contribution in [0.3, 0.4) is 0 Å². The minimum atomic E-state index is -1.40. The van der Waals surface area contributed by atoms with Crippen molar-refractivity contribution in [2.24, 2.45) is 5.92 Å². The topological polar surface area (TPSA) is 120 Å². The van der Waals surface area contributed by atoms with Gasteiger partial charge in [-0.3, -0.25) is 4.79 Å². The summed E-state index contributed by atoms with van der Waals surface area (Å²) in [4.78, 5) is 13.4. The van der Waals surface area contributed by atoms with Gasteiger partial charge >= 0.3 is 0 Å². The van der Waals surface area contributed by atoms with E-state index < -0.39 is 47.3 Å². The number of nitrogens with one attached hydrogen (secondary N) is 2. The van der Waals surface area contributed by atoms with Crippen molar-refractivity contribution < 1.29 is 29.6 Å². The number of benzene rings is 1. The fourth-order valence-electron chi connectivity index (χ4n) is 5.52. The van der Waals surface area contributed by atoms with Crippen LogP contribution in [0.5, 0.6) is 0 Å².